The lowest BCUT2D eigenvalue weighted by molar-refractivity contribution is 0.0685. The number of aromatic carboxylic acids is 1. The van der Waals surface area contributed by atoms with Crippen molar-refractivity contribution >= 4 is 11.9 Å². The fourth-order valence-electron chi connectivity index (χ4n) is 2.94. The van der Waals surface area contributed by atoms with E-state index in [1.807, 2.05) is 6.07 Å². The van der Waals surface area contributed by atoms with Crippen molar-refractivity contribution in [1.82, 2.24) is 0 Å². The van der Waals surface area contributed by atoms with Crippen LogP contribution in [0.3, 0.4) is 0 Å². The second kappa shape index (κ2) is 7.67. The van der Waals surface area contributed by atoms with Crippen LogP contribution < -0.4 is 23.7 Å². The number of carboxylic acids is 1. The van der Waals surface area contributed by atoms with Crippen LogP contribution in [0.25, 0.3) is 0 Å². The van der Waals surface area contributed by atoms with Gasteiger partial charge in [-0.1, -0.05) is 12.1 Å². The van der Waals surface area contributed by atoms with Gasteiger partial charge < -0.3 is 28.8 Å². The predicted molar refractivity (Wildman–Crippen MR) is 104 cm³/mol. The third kappa shape index (κ3) is 3.46. The van der Waals surface area contributed by atoms with Crippen LogP contribution >= 0.6 is 0 Å². The molecule has 1 heterocycles. The van der Waals surface area contributed by atoms with Crippen molar-refractivity contribution in [2.45, 2.75) is 0 Å². The molecule has 0 aromatic heterocycles. The minimum absolute atomic E-state index is 0.0838. The van der Waals surface area contributed by atoms with Gasteiger partial charge in [-0.3, -0.25) is 0 Å². The van der Waals surface area contributed by atoms with Crippen LogP contribution in [-0.2, 0) is 0 Å². The molecule has 0 fully saturated rings. The van der Waals surface area contributed by atoms with Gasteiger partial charge in [0.2, 0.25) is 5.75 Å². The second-order valence-electron chi connectivity index (χ2n) is 6.22. The van der Waals surface area contributed by atoms with Crippen LogP contribution in [0, 0.1) is 0 Å². The molecule has 0 bridgehead atoms. The molecule has 0 unspecified atom stereocenters. The van der Waals surface area contributed by atoms with E-state index in [0.717, 1.165) is 0 Å². The predicted octanol–water partition coefficient (Wildman–Crippen LogP) is 4.52. The first-order chi connectivity index (χ1) is 14.5. The lowest BCUT2D eigenvalue weighted by atomic mass is 10.1. The van der Waals surface area contributed by atoms with Gasteiger partial charge in [0, 0.05) is 0 Å². The number of esters is 1. The number of carbonyl (C=O) groups is 2. The van der Waals surface area contributed by atoms with Crippen molar-refractivity contribution in [3.05, 3.63) is 65.7 Å². The maximum atomic E-state index is 12.7. The number of hydrogen-bond acceptors (Lipinski definition) is 7. The summed E-state index contributed by atoms with van der Waals surface area (Å²) in [6, 6.07) is 14.2. The van der Waals surface area contributed by atoms with Crippen molar-refractivity contribution in [2.24, 2.45) is 0 Å². The van der Waals surface area contributed by atoms with E-state index in [2.05, 4.69) is 0 Å². The summed E-state index contributed by atoms with van der Waals surface area (Å²) in [5.41, 5.74) is 0.0627. The number of para-hydroxylation sites is 2. The summed E-state index contributed by atoms with van der Waals surface area (Å²) in [5, 5.41) is 9.29. The highest BCUT2D eigenvalue weighted by Gasteiger charge is 2.23. The lowest BCUT2D eigenvalue weighted by Crippen LogP contribution is -2.11. The normalized spacial score (nSPS) is 11.3. The van der Waals surface area contributed by atoms with Gasteiger partial charge in [0.1, 0.15) is 0 Å². The Morgan fingerprint density at radius 3 is 2.03 bits per heavy atom. The van der Waals surface area contributed by atoms with Crippen molar-refractivity contribution in [1.29, 1.82) is 0 Å². The van der Waals surface area contributed by atoms with E-state index in [1.165, 1.54) is 38.5 Å². The number of carboxylic acid groups (broad SMARTS) is 1. The molecule has 0 saturated carbocycles. The van der Waals surface area contributed by atoms with Gasteiger partial charge in [-0.2, -0.15) is 0 Å². The Balaban J connectivity index is 1.64. The molecular weight excluding hydrogens is 392 g/mol. The van der Waals surface area contributed by atoms with Crippen molar-refractivity contribution in [3.63, 3.8) is 0 Å². The largest absolute Gasteiger partial charge is 0.493 e. The van der Waals surface area contributed by atoms with E-state index in [-0.39, 0.29) is 28.4 Å². The summed E-state index contributed by atoms with van der Waals surface area (Å²) in [5.74, 6) is 0.110. The molecule has 0 spiro atoms. The summed E-state index contributed by atoms with van der Waals surface area (Å²) >= 11 is 0. The molecule has 3 aromatic carbocycles. The average molecular weight is 408 g/mol. The fraction of sp³-hybridized carbons (Fsp3) is 0.0909. The van der Waals surface area contributed by atoms with Crippen molar-refractivity contribution in [2.75, 3.05) is 14.2 Å². The third-order valence-electron chi connectivity index (χ3n) is 4.36. The minimum atomic E-state index is -1.20. The molecule has 152 valence electrons. The topological polar surface area (TPSA) is 101 Å². The molecule has 3 aromatic rings. The molecule has 0 saturated heterocycles. The third-order valence-corrected chi connectivity index (χ3v) is 4.36. The molecule has 0 amide bonds. The molecular formula is C22H16O8. The standard InChI is InChI=1S/C22H16O8/c1-26-18-10-13(21(23)24)11-19(20(18)27-2)30-22(25)12-7-8-16-17(9-12)29-15-6-4-3-5-14(15)28-16/h3-11H,1-2H3,(H,23,24). The number of benzene rings is 3. The Morgan fingerprint density at radius 1 is 0.767 bits per heavy atom. The van der Waals surface area contributed by atoms with Crippen LogP contribution in [-0.4, -0.2) is 31.3 Å². The highest BCUT2D eigenvalue weighted by molar-refractivity contribution is 5.94. The van der Waals surface area contributed by atoms with Gasteiger partial charge in [-0.05, 0) is 42.5 Å². The molecule has 4 rings (SSSR count). The smallest absolute Gasteiger partial charge is 0.343 e. The number of fused-ring (bicyclic) bond motifs is 2. The van der Waals surface area contributed by atoms with Gasteiger partial charge in [-0.15, -0.1) is 0 Å². The zero-order chi connectivity index (χ0) is 21.3. The van der Waals surface area contributed by atoms with E-state index < -0.39 is 11.9 Å². The molecule has 1 aliphatic rings. The molecule has 0 radical (unpaired) electrons. The van der Waals surface area contributed by atoms with Crippen LogP contribution in [0.15, 0.2) is 54.6 Å². The Morgan fingerprint density at radius 2 is 1.40 bits per heavy atom. The average Bonchev–Trinajstić information content (AvgIpc) is 2.76. The van der Waals surface area contributed by atoms with Gasteiger partial charge in [-0.25, -0.2) is 9.59 Å². The number of hydrogen-bond donors (Lipinski definition) is 1. The minimum Gasteiger partial charge on any atom is -0.493 e. The molecule has 1 aliphatic heterocycles. The van der Waals surface area contributed by atoms with Crippen LogP contribution in [0.4, 0.5) is 0 Å². The summed E-state index contributed by atoms with van der Waals surface area (Å²) in [4.78, 5) is 24.1. The van der Waals surface area contributed by atoms with Crippen LogP contribution in [0.5, 0.6) is 40.2 Å². The first kappa shape index (κ1) is 19.1. The van der Waals surface area contributed by atoms with Gasteiger partial charge in [0.25, 0.3) is 0 Å². The summed E-state index contributed by atoms with van der Waals surface area (Å²) in [7, 11) is 2.71. The molecule has 0 atom stereocenters. The first-order valence-electron chi connectivity index (χ1n) is 8.80. The molecule has 8 heteroatoms. The molecule has 1 N–H and O–H groups in total. The maximum Gasteiger partial charge on any atom is 0.343 e. The SMILES string of the molecule is COc1cc(C(=O)O)cc(OC(=O)c2ccc3c(c2)Oc2ccccc2O3)c1OC. The van der Waals surface area contributed by atoms with Gasteiger partial charge >= 0.3 is 11.9 Å². The van der Waals surface area contributed by atoms with Gasteiger partial charge in [0.15, 0.2) is 34.5 Å². The number of ether oxygens (including phenoxy) is 5. The fourth-order valence-corrected chi connectivity index (χ4v) is 2.94. The van der Waals surface area contributed by atoms with E-state index in [1.54, 1.807) is 24.3 Å². The first-order valence-corrected chi connectivity index (χ1v) is 8.80. The zero-order valence-electron chi connectivity index (χ0n) is 16.0. The quantitative estimate of drug-likeness (QED) is 0.380. The molecule has 8 nitrogen and oxygen atoms in total. The Labute approximate surface area is 171 Å². The van der Waals surface area contributed by atoms with Crippen LogP contribution in [0.1, 0.15) is 20.7 Å². The monoisotopic (exact) mass is 408 g/mol. The number of methoxy groups -OCH3 is 2. The number of carbonyl (C=O) groups excluding carboxylic acids is 1. The highest BCUT2D eigenvalue weighted by Crippen LogP contribution is 2.45. The van der Waals surface area contributed by atoms with E-state index in [0.29, 0.717) is 23.0 Å². The van der Waals surface area contributed by atoms with Crippen molar-refractivity contribution in [3.8, 4) is 40.2 Å². The Hall–Kier alpha value is -4.20. The maximum absolute atomic E-state index is 12.7. The zero-order valence-corrected chi connectivity index (χ0v) is 16.0. The number of rotatable bonds is 5. The lowest BCUT2D eigenvalue weighted by Gasteiger charge is -2.20. The second-order valence-corrected chi connectivity index (χ2v) is 6.22. The molecule has 30 heavy (non-hydrogen) atoms. The summed E-state index contributed by atoms with van der Waals surface area (Å²) in [6.45, 7) is 0. The van der Waals surface area contributed by atoms with Crippen LogP contribution in [0.2, 0.25) is 0 Å². The Kier molecular flexibility index (Phi) is 4.89. The summed E-state index contributed by atoms with van der Waals surface area (Å²) < 4.78 is 27.3. The Bertz CT molecular complexity index is 1150. The highest BCUT2D eigenvalue weighted by atomic mass is 16.6. The summed E-state index contributed by atoms with van der Waals surface area (Å²) in [6.07, 6.45) is 0. The van der Waals surface area contributed by atoms with E-state index in [4.69, 9.17) is 23.7 Å². The van der Waals surface area contributed by atoms with E-state index in [9.17, 15) is 14.7 Å². The van der Waals surface area contributed by atoms with E-state index >= 15 is 0 Å². The van der Waals surface area contributed by atoms with Gasteiger partial charge in [0.05, 0.1) is 25.3 Å². The van der Waals surface area contributed by atoms with Crippen molar-refractivity contribution < 1.29 is 38.4 Å². The molecule has 0 aliphatic carbocycles.